The van der Waals surface area contributed by atoms with E-state index in [9.17, 15) is 9.90 Å². The number of amides is 1. The Bertz CT molecular complexity index is 636. The first-order valence-electron chi connectivity index (χ1n) is 7.13. The van der Waals surface area contributed by atoms with Crippen LogP contribution in [0.4, 0.5) is 0 Å². The average molecular weight is 325 g/mol. The fourth-order valence-electron chi connectivity index (χ4n) is 2.73. The maximum atomic E-state index is 12.1. The van der Waals surface area contributed by atoms with E-state index >= 15 is 0 Å². The van der Waals surface area contributed by atoms with Crippen LogP contribution in [0.5, 0.6) is 0 Å². The molecule has 3 rings (SSSR count). The first kappa shape index (κ1) is 15.1. The van der Waals surface area contributed by atoms with Gasteiger partial charge in [-0.3, -0.25) is 9.48 Å². The number of carbonyl (C=O) groups excluding carboxylic acids is 1. The molecular formula is C14H17ClN4O3. The molecule has 1 aliphatic carbocycles. The molecule has 2 heterocycles. The maximum absolute atomic E-state index is 12.1. The number of rotatable bonds is 5. The molecule has 0 bridgehead atoms. The van der Waals surface area contributed by atoms with Crippen molar-refractivity contribution in [2.45, 2.75) is 44.4 Å². The van der Waals surface area contributed by atoms with Crippen molar-refractivity contribution in [3.8, 4) is 0 Å². The van der Waals surface area contributed by atoms with Crippen LogP contribution in [0.2, 0.25) is 5.22 Å². The van der Waals surface area contributed by atoms with E-state index in [1.807, 2.05) is 0 Å². The largest absolute Gasteiger partial charge is 0.391 e. The van der Waals surface area contributed by atoms with E-state index in [1.54, 1.807) is 30.1 Å². The molecule has 22 heavy (non-hydrogen) atoms. The first-order valence-corrected chi connectivity index (χ1v) is 7.51. The Morgan fingerprint density at radius 1 is 1.64 bits per heavy atom. The van der Waals surface area contributed by atoms with Gasteiger partial charge in [0.05, 0.1) is 23.9 Å². The summed E-state index contributed by atoms with van der Waals surface area (Å²) in [5, 5.41) is 20.9. The first-order chi connectivity index (χ1) is 10.6. The fourth-order valence-corrected chi connectivity index (χ4v) is 3.00. The second-order valence-corrected chi connectivity index (χ2v) is 5.82. The number of aliphatic hydroxyl groups is 1. The highest BCUT2D eigenvalue weighted by Crippen LogP contribution is 2.32. The molecule has 8 heteroatoms. The number of hydrogen-bond acceptors (Lipinski definition) is 5. The smallest absolute Gasteiger partial charge is 0.229 e. The Balaban J connectivity index is 1.54. The fraction of sp³-hybridized carbons (Fsp3) is 0.500. The van der Waals surface area contributed by atoms with Crippen LogP contribution in [0.1, 0.15) is 30.1 Å². The van der Waals surface area contributed by atoms with Crippen molar-refractivity contribution in [2.24, 2.45) is 0 Å². The lowest BCUT2D eigenvalue weighted by molar-refractivity contribution is -0.124. The molecule has 0 unspecified atom stereocenters. The number of aryl methyl sites for hydroxylation is 1. The highest BCUT2D eigenvalue weighted by molar-refractivity contribution is 6.29. The van der Waals surface area contributed by atoms with E-state index in [0.29, 0.717) is 25.0 Å². The monoisotopic (exact) mass is 324 g/mol. The molecule has 2 aromatic rings. The average Bonchev–Trinajstić information content (AvgIpc) is 3.07. The van der Waals surface area contributed by atoms with E-state index in [-0.39, 0.29) is 23.2 Å². The molecule has 1 fully saturated rings. The van der Waals surface area contributed by atoms with Crippen LogP contribution < -0.4 is 5.32 Å². The molecule has 0 radical (unpaired) electrons. The predicted octanol–water partition coefficient (Wildman–Crippen LogP) is 1.26. The molecule has 0 spiro atoms. The lowest BCUT2D eigenvalue weighted by Gasteiger charge is -2.41. The van der Waals surface area contributed by atoms with Crippen LogP contribution >= 0.6 is 11.6 Å². The summed E-state index contributed by atoms with van der Waals surface area (Å²) in [5.41, 5.74) is 1.46. The minimum atomic E-state index is -0.486. The van der Waals surface area contributed by atoms with Crippen molar-refractivity contribution >= 4 is 17.5 Å². The number of nitrogens with zero attached hydrogens (tertiary/aromatic N) is 3. The lowest BCUT2D eigenvalue weighted by atomic mass is 9.83. The van der Waals surface area contributed by atoms with Gasteiger partial charge in [0.15, 0.2) is 0 Å². The Kier molecular flexibility index (Phi) is 4.17. The summed E-state index contributed by atoms with van der Waals surface area (Å²) < 4.78 is 6.54. The van der Waals surface area contributed by atoms with Crippen molar-refractivity contribution in [3.63, 3.8) is 0 Å². The summed E-state index contributed by atoms with van der Waals surface area (Å²) >= 11 is 5.88. The Labute approximate surface area is 132 Å². The number of aromatic nitrogens is 3. The lowest BCUT2D eigenvalue weighted by Crippen LogP contribution is -2.56. The molecule has 2 aromatic heterocycles. The van der Waals surface area contributed by atoms with Gasteiger partial charge in [-0.2, -0.15) is 5.10 Å². The van der Waals surface area contributed by atoms with Gasteiger partial charge in [0, 0.05) is 24.4 Å². The van der Waals surface area contributed by atoms with Crippen LogP contribution in [-0.4, -0.2) is 38.1 Å². The van der Waals surface area contributed by atoms with Gasteiger partial charge >= 0.3 is 0 Å². The maximum Gasteiger partial charge on any atom is 0.229 e. The second kappa shape index (κ2) is 6.10. The summed E-state index contributed by atoms with van der Waals surface area (Å²) in [6, 6.07) is 1.47. The van der Waals surface area contributed by atoms with Gasteiger partial charge in [-0.05, 0) is 37.4 Å². The molecule has 0 saturated heterocycles. The molecule has 0 aromatic carbocycles. The molecule has 1 aliphatic rings. The normalized spacial score (nSPS) is 24.0. The Morgan fingerprint density at radius 2 is 2.45 bits per heavy atom. The predicted molar refractivity (Wildman–Crippen MR) is 78.4 cm³/mol. The molecule has 7 nitrogen and oxygen atoms in total. The minimum Gasteiger partial charge on any atom is -0.391 e. The number of hydrogen-bond donors (Lipinski definition) is 2. The van der Waals surface area contributed by atoms with Crippen molar-refractivity contribution in [1.82, 2.24) is 20.3 Å². The van der Waals surface area contributed by atoms with Gasteiger partial charge in [-0.15, -0.1) is 0 Å². The molecule has 118 valence electrons. The highest BCUT2D eigenvalue weighted by Gasteiger charge is 2.42. The third-order valence-electron chi connectivity index (χ3n) is 4.02. The van der Waals surface area contributed by atoms with Crippen LogP contribution in [0.15, 0.2) is 23.0 Å². The molecule has 1 amide bonds. The molecule has 1 saturated carbocycles. The van der Waals surface area contributed by atoms with E-state index in [2.05, 4.69) is 15.6 Å². The number of halogens is 1. The van der Waals surface area contributed by atoms with Crippen molar-refractivity contribution in [3.05, 3.63) is 34.9 Å². The van der Waals surface area contributed by atoms with Gasteiger partial charge in [0.25, 0.3) is 0 Å². The zero-order chi connectivity index (χ0) is 15.7. The van der Waals surface area contributed by atoms with E-state index in [1.165, 1.54) is 0 Å². The molecule has 0 aliphatic heterocycles. The summed E-state index contributed by atoms with van der Waals surface area (Å²) in [5.74, 6) is -0.0919. The van der Waals surface area contributed by atoms with Gasteiger partial charge in [-0.1, -0.05) is 5.16 Å². The quantitative estimate of drug-likeness (QED) is 0.863. The summed E-state index contributed by atoms with van der Waals surface area (Å²) in [6.07, 6.45) is 4.25. The SMILES string of the molecule is Cc1noc(Cl)c1CCC(=O)N[C@H]1C[C@@H](O)[C@@H]1n1cccn1. The second-order valence-electron chi connectivity index (χ2n) is 5.47. The molecule has 3 atom stereocenters. The van der Waals surface area contributed by atoms with Crippen molar-refractivity contribution in [2.75, 3.05) is 0 Å². The third kappa shape index (κ3) is 2.86. The van der Waals surface area contributed by atoms with Crippen LogP contribution in [-0.2, 0) is 11.2 Å². The highest BCUT2D eigenvalue weighted by atomic mass is 35.5. The van der Waals surface area contributed by atoms with Gasteiger partial charge < -0.3 is 14.9 Å². The molecular weight excluding hydrogens is 308 g/mol. The standard InChI is InChI=1S/C14H17ClN4O3/c1-8-9(14(15)22-18-8)3-4-12(21)17-10-7-11(20)13(10)19-6-2-5-16-19/h2,5-6,10-11,13,20H,3-4,7H2,1H3,(H,17,21)/t10-,11+,13+/m0/s1. The Morgan fingerprint density at radius 3 is 3.05 bits per heavy atom. The van der Waals surface area contributed by atoms with Gasteiger partial charge in [-0.25, -0.2) is 0 Å². The van der Waals surface area contributed by atoms with Crippen LogP contribution in [0.3, 0.4) is 0 Å². The number of carbonyl (C=O) groups is 1. The molecule has 2 N–H and O–H groups in total. The Hall–Kier alpha value is -1.86. The summed E-state index contributed by atoms with van der Waals surface area (Å²) in [7, 11) is 0. The van der Waals surface area contributed by atoms with Gasteiger partial charge in [0.1, 0.15) is 0 Å². The zero-order valence-electron chi connectivity index (χ0n) is 12.1. The van der Waals surface area contributed by atoms with E-state index < -0.39 is 6.10 Å². The van der Waals surface area contributed by atoms with Crippen molar-refractivity contribution in [1.29, 1.82) is 0 Å². The third-order valence-corrected chi connectivity index (χ3v) is 4.31. The summed E-state index contributed by atoms with van der Waals surface area (Å²) in [4.78, 5) is 12.1. The minimum absolute atomic E-state index is 0.0919. The van der Waals surface area contributed by atoms with E-state index in [4.69, 9.17) is 16.1 Å². The number of aliphatic hydroxyl groups excluding tert-OH is 1. The van der Waals surface area contributed by atoms with E-state index in [0.717, 1.165) is 5.56 Å². The van der Waals surface area contributed by atoms with Gasteiger partial charge in [0.2, 0.25) is 11.1 Å². The topological polar surface area (TPSA) is 93.2 Å². The zero-order valence-corrected chi connectivity index (χ0v) is 12.8. The van der Waals surface area contributed by atoms with Crippen LogP contribution in [0.25, 0.3) is 0 Å². The summed E-state index contributed by atoms with van der Waals surface area (Å²) in [6.45, 7) is 1.79. The number of nitrogens with one attached hydrogen (secondary N) is 1. The van der Waals surface area contributed by atoms with Crippen molar-refractivity contribution < 1.29 is 14.4 Å². The van der Waals surface area contributed by atoms with Crippen LogP contribution in [0, 0.1) is 6.92 Å².